The Bertz CT molecular complexity index is 891. The van der Waals surface area contributed by atoms with Crippen LogP contribution in [0, 0.1) is 7.14 Å². The highest BCUT2D eigenvalue weighted by Gasteiger charge is 2.08. The molecule has 3 atom stereocenters. The van der Waals surface area contributed by atoms with Gasteiger partial charge in [0.05, 0.1) is 0 Å². The summed E-state index contributed by atoms with van der Waals surface area (Å²) in [6.45, 7) is 0. The lowest BCUT2D eigenvalue weighted by Gasteiger charge is -2.11. The molecule has 0 aliphatic carbocycles. The fourth-order valence-electron chi connectivity index (χ4n) is 2.38. The molecule has 0 bridgehead atoms. The van der Waals surface area contributed by atoms with Gasteiger partial charge in [-0.05, 0) is 102 Å². The number of hydrogen-bond donors (Lipinski definition) is 0. The van der Waals surface area contributed by atoms with E-state index in [0.717, 1.165) is 0 Å². The van der Waals surface area contributed by atoms with E-state index in [1.807, 2.05) is 0 Å². The van der Waals surface area contributed by atoms with Crippen molar-refractivity contribution in [3.05, 3.63) is 61.7 Å². The maximum atomic E-state index is 2.80. The molecule has 0 saturated heterocycles. The lowest BCUT2D eigenvalue weighted by atomic mass is 10.0. The van der Waals surface area contributed by atoms with Crippen LogP contribution in [0.15, 0.2) is 54.6 Å². The third-order valence-electron chi connectivity index (χ3n) is 3.70. The molecule has 0 aromatic heterocycles. The molecular weight excluding hydrogens is 563 g/mol. The van der Waals surface area contributed by atoms with E-state index >= 15 is 0 Å². The van der Waals surface area contributed by atoms with E-state index in [2.05, 4.69) is 127 Å². The van der Waals surface area contributed by atoms with Crippen LogP contribution >= 0.6 is 72.9 Å². The van der Waals surface area contributed by atoms with E-state index in [-0.39, 0.29) is 0 Å². The molecule has 0 heterocycles. The van der Waals surface area contributed by atoms with Gasteiger partial charge in [-0.1, -0.05) is 36.4 Å². The van der Waals surface area contributed by atoms with E-state index < -0.39 is 0 Å². The molecule has 0 aliphatic rings. The zero-order valence-electron chi connectivity index (χ0n) is 12.2. The molecule has 3 rings (SSSR count). The molecule has 5 heteroatoms. The SMILES string of the molecule is Pc1ccc(-c2ccc(-c3ccc(P)c(I)c3)cc2I)cc1P. The Morgan fingerprint density at radius 3 is 1.70 bits per heavy atom. The van der Waals surface area contributed by atoms with E-state index in [1.54, 1.807) is 0 Å². The van der Waals surface area contributed by atoms with Crippen molar-refractivity contribution in [1.29, 1.82) is 0 Å². The summed E-state index contributed by atoms with van der Waals surface area (Å²) < 4.78 is 2.54. The summed E-state index contributed by atoms with van der Waals surface area (Å²) in [4.78, 5) is 0. The molecule has 23 heavy (non-hydrogen) atoms. The quantitative estimate of drug-likeness (QED) is 0.305. The van der Waals surface area contributed by atoms with Crippen LogP contribution < -0.4 is 15.9 Å². The summed E-state index contributed by atoms with van der Waals surface area (Å²) in [5.41, 5.74) is 5.05. The molecule has 3 aromatic carbocycles. The molecule has 0 N–H and O–H groups in total. The van der Waals surface area contributed by atoms with Crippen molar-refractivity contribution in [2.24, 2.45) is 0 Å². The van der Waals surface area contributed by atoms with Crippen LogP contribution in [0.2, 0.25) is 0 Å². The Hall–Kier alpha value is 0.410. The first kappa shape index (κ1) is 18.2. The Kier molecular flexibility index (Phi) is 6.13. The molecule has 0 radical (unpaired) electrons. The number of benzene rings is 3. The van der Waals surface area contributed by atoms with Crippen molar-refractivity contribution in [2.45, 2.75) is 0 Å². The van der Waals surface area contributed by atoms with Crippen molar-refractivity contribution in [1.82, 2.24) is 0 Å². The van der Waals surface area contributed by atoms with Gasteiger partial charge in [-0.3, -0.25) is 0 Å². The van der Waals surface area contributed by atoms with E-state index in [1.165, 1.54) is 45.3 Å². The highest BCUT2D eigenvalue weighted by molar-refractivity contribution is 14.1. The maximum Gasteiger partial charge on any atom is 0.0214 e. The standard InChI is InChI=1S/C18H15I2P3/c19-14-7-10(11-2-5-16(21)15(20)8-11)1-4-13(14)12-3-6-17(22)18(23)9-12/h1-9H,21-23H2. The molecule has 116 valence electrons. The first-order valence-electron chi connectivity index (χ1n) is 6.96. The molecule has 0 amide bonds. The van der Waals surface area contributed by atoms with Gasteiger partial charge in [-0.2, -0.15) is 0 Å². The van der Waals surface area contributed by atoms with Crippen LogP contribution in [0.25, 0.3) is 22.3 Å². The van der Waals surface area contributed by atoms with Crippen molar-refractivity contribution in [3.63, 3.8) is 0 Å². The van der Waals surface area contributed by atoms with E-state index in [0.29, 0.717) is 0 Å². The summed E-state index contributed by atoms with van der Waals surface area (Å²) in [6, 6.07) is 19.8. The van der Waals surface area contributed by atoms with Crippen molar-refractivity contribution in [2.75, 3.05) is 0 Å². The van der Waals surface area contributed by atoms with Crippen molar-refractivity contribution in [3.8, 4) is 22.3 Å². The van der Waals surface area contributed by atoms with Gasteiger partial charge in [0.1, 0.15) is 0 Å². The second-order valence-corrected chi connectivity index (χ2v) is 9.47. The van der Waals surface area contributed by atoms with Gasteiger partial charge in [0.15, 0.2) is 0 Å². The van der Waals surface area contributed by atoms with Gasteiger partial charge >= 0.3 is 0 Å². The summed E-state index contributed by atoms with van der Waals surface area (Å²) in [5, 5.41) is 3.68. The summed E-state index contributed by atoms with van der Waals surface area (Å²) in [5.74, 6) is 0. The number of halogens is 2. The highest BCUT2D eigenvalue weighted by Crippen LogP contribution is 2.30. The van der Waals surface area contributed by atoms with E-state index in [4.69, 9.17) is 0 Å². The average Bonchev–Trinajstić information content (AvgIpc) is 2.53. The van der Waals surface area contributed by atoms with Crippen LogP contribution in [0.5, 0.6) is 0 Å². The predicted octanol–water partition coefficient (Wildman–Crippen LogP) is 4.73. The minimum Gasteiger partial charge on any atom is -0.105 e. The topological polar surface area (TPSA) is 0 Å². The Balaban J connectivity index is 2.03. The molecule has 0 fully saturated rings. The predicted molar refractivity (Wildman–Crippen MR) is 131 cm³/mol. The molecule has 0 spiro atoms. The van der Waals surface area contributed by atoms with Crippen molar-refractivity contribution >= 4 is 88.8 Å². The van der Waals surface area contributed by atoms with Crippen LogP contribution in [0.3, 0.4) is 0 Å². The monoisotopic (exact) mass is 578 g/mol. The lowest BCUT2D eigenvalue weighted by molar-refractivity contribution is 1.57. The fourth-order valence-corrected chi connectivity index (χ4v) is 4.35. The molecule has 3 unspecified atom stereocenters. The van der Waals surface area contributed by atoms with Crippen LogP contribution in [-0.4, -0.2) is 0 Å². The average molecular weight is 578 g/mol. The van der Waals surface area contributed by atoms with Gasteiger partial charge in [-0.15, -0.1) is 27.7 Å². The summed E-state index contributed by atoms with van der Waals surface area (Å²) in [6.07, 6.45) is 0. The van der Waals surface area contributed by atoms with Gasteiger partial charge in [0, 0.05) is 7.14 Å². The normalized spacial score (nSPS) is 10.8. The minimum absolute atomic E-state index is 1.22. The number of hydrogen-bond acceptors (Lipinski definition) is 0. The molecular formula is C18H15I2P3. The third-order valence-corrected chi connectivity index (χ3v) is 7.98. The molecule has 3 aromatic rings. The minimum atomic E-state index is 1.22. The molecule has 0 aliphatic heterocycles. The smallest absolute Gasteiger partial charge is 0.0214 e. The van der Waals surface area contributed by atoms with Gasteiger partial charge in [-0.25, -0.2) is 0 Å². The number of rotatable bonds is 2. The van der Waals surface area contributed by atoms with Gasteiger partial charge in [0.25, 0.3) is 0 Å². The summed E-state index contributed by atoms with van der Waals surface area (Å²) in [7, 11) is 8.34. The van der Waals surface area contributed by atoms with Crippen LogP contribution in [0.4, 0.5) is 0 Å². The fraction of sp³-hybridized carbons (Fsp3) is 0. The zero-order chi connectivity index (χ0) is 16.6. The molecule has 0 saturated carbocycles. The first-order chi connectivity index (χ1) is 11.0. The Morgan fingerprint density at radius 2 is 1.09 bits per heavy atom. The van der Waals surface area contributed by atoms with Crippen molar-refractivity contribution < 1.29 is 0 Å². The summed E-state index contributed by atoms with van der Waals surface area (Å²) >= 11 is 4.82. The second-order valence-electron chi connectivity index (χ2n) is 5.27. The zero-order valence-corrected chi connectivity index (χ0v) is 20.0. The third kappa shape index (κ3) is 4.15. The van der Waals surface area contributed by atoms with E-state index in [9.17, 15) is 0 Å². The second kappa shape index (κ2) is 7.75. The maximum absolute atomic E-state index is 2.80. The Morgan fingerprint density at radius 1 is 0.522 bits per heavy atom. The molecule has 0 nitrogen and oxygen atoms in total. The van der Waals surface area contributed by atoms with Gasteiger partial charge < -0.3 is 0 Å². The lowest BCUT2D eigenvalue weighted by Crippen LogP contribution is -2.10. The first-order valence-corrected chi connectivity index (χ1v) is 10.8. The highest BCUT2D eigenvalue weighted by atomic mass is 127. The van der Waals surface area contributed by atoms with Crippen LogP contribution in [0.1, 0.15) is 0 Å². The largest absolute Gasteiger partial charge is 0.105 e. The van der Waals surface area contributed by atoms with Crippen LogP contribution in [-0.2, 0) is 0 Å². The van der Waals surface area contributed by atoms with Gasteiger partial charge in [0.2, 0.25) is 0 Å². The Labute approximate surface area is 171 Å².